The van der Waals surface area contributed by atoms with Crippen molar-refractivity contribution in [2.24, 2.45) is 5.73 Å². The van der Waals surface area contributed by atoms with Crippen molar-refractivity contribution in [1.29, 1.82) is 0 Å². The van der Waals surface area contributed by atoms with Crippen molar-refractivity contribution in [3.63, 3.8) is 0 Å². The van der Waals surface area contributed by atoms with Gasteiger partial charge in [0.05, 0.1) is 19.3 Å². The van der Waals surface area contributed by atoms with Gasteiger partial charge in [0.15, 0.2) is 0 Å². The zero-order chi connectivity index (χ0) is 12.0. The monoisotopic (exact) mass is 287 g/mol. The minimum absolute atomic E-state index is 0.103. The molecule has 0 spiro atoms. The second-order valence-corrected chi connectivity index (χ2v) is 4.56. The molecular formula is C12H18BrNO2. The van der Waals surface area contributed by atoms with Gasteiger partial charge in [-0.1, -0.05) is 28.1 Å². The van der Waals surface area contributed by atoms with Crippen LogP contribution in [0.2, 0.25) is 0 Å². The fourth-order valence-electron chi connectivity index (χ4n) is 1.35. The Morgan fingerprint density at radius 1 is 1.44 bits per heavy atom. The van der Waals surface area contributed by atoms with E-state index in [0.29, 0.717) is 19.8 Å². The second-order valence-electron chi connectivity index (χ2n) is 3.71. The molecule has 0 fully saturated rings. The Morgan fingerprint density at radius 3 is 2.75 bits per heavy atom. The van der Waals surface area contributed by atoms with E-state index in [1.54, 1.807) is 7.11 Å². The van der Waals surface area contributed by atoms with Crippen molar-refractivity contribution in [2.75, 3.05) is 13.7 Å². The predicted molar refractivity (Wildman–Crippen MR) is 68.2 cm³/mol. The summed E-state index contributed by atoms with van der Waals surface area (Å²) in [4.78, 5) is 0. The van der Waals surface area contributed by atoms with E-state index in [1.165, 1.54) is 0 Å². The van der Waals surface area contributed by atoms with Crippen LogP contribution in [0.4, 0.5) is 0 Å². The molecular weight excluding hydrogens is 270 g/mol. The molecule has 0 radical (unpaired) electrons. The highest BCUT2D eigenvalue weighted by Crippen LogP contribution is 2.19. The number of methoxy groups -OCH3 is 1. The van der Waals surface area contributed by atoms with Gasteiger partial charge in [-0.3, -0.25) is 0 Å². The molecule has 2 N–H and O–H groups in total. The first-order chi connectivity index (χ1) is 7.67. The van der Waals surface area contributed by atoms with Gasteiger partial charge in [0, 0.05) is 18.1 Å². The summed E-state index contributed by atoms with van der Waals surface area (Å²) in [7, 11) is 1.67. The smallest absolute Gasteiger partial charge is 0.0784 e. The highest BCUT2D eigenvalue weighted by Gasteiger charge is 2.05. The molecule has 0 saturated heterocycles. The van der Waals surface area contributed by atoms with Crippen molar-refractivity contribution in [3.8, 4) is 0 Å². The molecule has 0 aliphatic carbocycles. The van der Waals surface area contributed by atoms with Crippen LogP contribution in [0, 0.1) is 0 Å². The largest absolute Gasteiger partial charge is 0.382 e. The van der Waals surface area contributed by atoms with Crippen molar-refractivity contribution in [2.45, 2.75) is 26.2 Å². The summed E-state index contributed by atoms with van der Waals surface area (Å²) in [5, 5.41) is 0. The van der Waals surface area contributed by atoms with Crippen LogP contribution >= 0.6 is 15.9 Å². The van der Waals surface area contributed by atoms with Crippen molar-refractivity contribution in [3.05, 3.63) is 33.8 Å². The summed E-state index contributed by atoms with van der Waals surface area (Å²) < 4.78 is 11.7. The summed E-state index contributed by atoms with van der Waals surface area (Å²) >= 11 is 3.51. The van der Waals surface area contributed by atoms with E-state index in [0.717, 1.165) is 15.6 Å². The molecule has 4 heteroatoms. The molecule has 1 aromatic rings. The first-order valence-corrected chi connectivity index (χ1v) is 6.04. The third-order valence-corrected chi connectivity index (χ3v) is 3.02. The van der Waals surface area contributed by atoms with E-state index in [2.05, 4.69) is 15.9 Å². The summed E-state index contributed by atoms with van der Waals surface area (Å²) in [6.07, 6.45) is 0.103. The average Bonchev–Trinajstić information content (AvgIpc) is 2.27. The molecule has 0 aromatic heterocycles. The molecule has 3 nitrogen and oxygen atoms in total. The molecule has 0 aliphatic heterocycles. The molecule has 0 aliphatic rings. The molecule has 1 aromatic carbocycles. The van der Waals surface area contributed by atoms with Crippen LogP contribution in [-0.2, 0) is 22.6 Å². The van der Waals surface area contributed by atoms with Crippen LogP contribution in [0.1, 0.15) is 18.1 Å². The Labute approximate surface area is 105 Å². The number of hydrogen-bond acceptors (Lipinski definition) is 3. The lowest BCUT2D eigenvalue weighted by Gasteiger charge is -2.13. The van der Waals surface area contributed by atoms with Gasteiger partial charge < -0.3 is 15.2 Å². The van der Waals surface area contributed by atoms with E-state index < -0.39 is 0 Å². The normalized spacial score (nSPS) is 12.8. The molecule has 0 bridgehead atoms. The lowest BCUT2D eigenvalue weighted by molar-refractivity contribution is -0.000331. The summed E-state index contributed by atoms with van der Waals surface area (Å²) in [5.41, 5.74) is 7.80. The lowest BCUT2D eigenvalue weighted by Crippen LogP contribution is -2.14. The molecule has 0 saturated carbocycles. The maximum atomic E-state index is 5.64. The molecule has 1 atom stereocenters. The third-order valence-electron chi connectivity index (χ3n) is 2.28. The van der Waals surface area contributed by atoms with Gasteiger partial charge in [0.2, 0.25) is 0 Å². The lowest BCUT2D eigenvalue weighted by atomic mass is 10.1. The Balaban J connectivity index is 2.54. The number of ether oxygens (including phenoxy) is 2. The number of hydrogen-bond donors (Lipinski definition) is 1. The van der Waals surface area contributed by atoms with Gasteiger partial charge in [0.25, 0.3) is 0 Å². The van der Waals surface area contributed by atoms with Crippen molar-refractivity contribution in [1.82, 2.24) is 0 Å². The summed E-state index contributed by atoms with van der Waals surface area (Å²) in [5.74, 6) is 0. The minimum atomic E-state index is 0.103. The summed E-state index contributed by atoms with van der Waals surface area (Å²) in [6.45, 7) is 3.74. The van der Waals surface area contributed by atoms with Crippen LogP contribution in [0.5, 0.6) is 0 Å². The van der Waals surface area contributed by atoms with Gasteiger partial charge in [-0.15, -0.1) is 0 Å². The number of nitrogens with two attached hydrogens (primary N) is 1. The minimum Gasteiger partial charge on any atom is -0.382 e. The SMILES string of the molecule is COCC(C)OCc1ccc(CN)cc1Br. The molecule has 1 rings (SSSR count). The Bertz CT molecular complexity index is 331. The molecule has 0 heterocycles. The van der Waals surface area contributed by atoms with Crippen molar-refractivity contribution >= 4 is 15.9 Å². The van der Waals surface area contributed by atoms with Gasteiger partial charge in [-0.2, -0.15) is 0 Å². The third kappa shape index (κ3) is 4.22. The van der Waals surface area contributed by atoms with Crippen molar-refractivity contribution < 1.29 is 9.47 Å². The standard InChI is InChI=1S/C12H18BrNO2/c1-9(7-15-2)16-8-11-4-3-10(6-14)5-12(11)13/h3-5,9H,6-8,14H2,1-2H3. The fourth-order valence-corrected chi connectivity index (χ4v) is 1.89. The number of halogens is 1. The first-order valence-electron chi connectivity index (χ1n) is 5.25. The van der Waals surface area contributed by atoms with Crippen LogP contribution < -0.4 is 5.73 Å². The van der Waals surface area contributed by atoms with Crippen LogP contribution in [0.3, 0.4) is 0 Å². The quantitative estimate of drug-likeness (QED) is 0.874. The van der Waals surface area contributed by atoms with Gasteiger partial charge in [-0.25, -0.2) is 0 Å². The van der Waals surface area contributed by atoms with E-state index >= 15 is 0 Å². The number of rotatable bonds is 6. The second kappa shape index (κ2) is 7.01. The average molecular weight is 288 g/mol. The highest BCUT2D eigenvalue weighted by molar-refractivity contribution is 9.10. The topological polar surface area (TPSA) is 44.5 Å². The maximum Gasteiger partial charge on any atom is 0.0784 e. The first kappa shape index (κ1) is 13.6. The van der Waals surface area contributed by atoms with Gasteiger partial charge >= 0.3 is 0 Å². The van der Waals surface area contributed by atoms with E-state index in [-0.39, 0.29) is 6.10 Å². The van der Waals surface area contributed by atoms with Crippen LogP contribution in [0.15, 0.2) is 22.7 Å². The Hall–Kier alpha value is -0.420. The predicted octanol–water partition coefficient (Wildman–Crippen LogP) is 2.46. The molecule has 1 unspecified atom stereocenters. The van der Waals surface area contributed by atoms with E-state index in [4.69, 9.17) is 15.2 Å². The van der Waals surface area contributed by atoms with Gasteiger partial charge in [-0.05, 0) is 24.1 Å². The Kier molecular flexibility index (Phi) is 5.98. The fraction of sp³-hybridized carbons (Fsp3) is 0.500. The number of benzene rings is 1. The van der Waals surface area contributed by atoms with Crippen LogP contribution in [-0.4, -0.2) is 19.8 Å². The summed E-state index contributed by atoms with van der Waals surface area (Å²) in [6, 6.07) is 6.08. The zero-order valence-electron chi connectivity index (χ0n) is 9.70. The van der Waals surface area contributed by atoms with Crippen LogP contribution in [0.25, 0.3) is 0 Å². The maximum absolute atomic E-state index is 5.64. The Morgan fingerprint density at radius 2 is 2.19 bits per heavy atom. The molecule has 0 amide bonds. The molecule has 90 valence electrons. The van der Waals surface area contributed by atoms with Gasteiger partial charge in [0.1, 0.15) is 0 Å². The zero-order valence-corrected chi connectivity index (χ0v) is 11.3. The highest BCUT2D eigenvalue weighted by atomic mass is 79.9. The van der Waals surface area contributed by atoms with E-state index in [9.17, 15) is 0 Å². The molecule has 16 heavy (non-hydrogen) atoms. The van der Waals surface area contributed by atoms with E-state index in [1.807, 2.05) is 25.1 Å².